The Balaban J connectivity index is 2.51. The smallest absolute Gasteiger partial charge is 0.162 e. The number of carbonyl (C=O) groups is 1. The van der Waals surface area contributed by atoms with Gasteiger partial charge in [-0.3, -0.25) is 4.79 Å². The van der Waals surface area contributed by atoms with Crippen LogP contribution in [0.1, 0.15) is 43.5 Å². The number of Topliss-reactive ketones (excluding diaryl/α,β-unsaturated/α-hetero) is 1. The number of ether oxygens (including phenoxy) is 1. The molecule has 0 aliphatic rings. The van der Waals surface area contributed by atoms with E-state index in [2.05, 4.69) is 6.58 Å². The second-order valence-corrected chi connectivity index (χ2v) is 4.63. The van der Waals surface area contributed by atoms with E-state index in [1.807, 2.05) is 26.0 Å². The third-order valence-electron chi connectivity index (χ3n) is 2.45. The highest BCUT2D eigenvalue weighted by atomic mass is 16.5. The van der Waals surface area contributed by atoms with Gasteiger partial charge in [-0.15, -0.1) is 0 Å². The Morgan fingerprint density at radius 2 is 1.89 bits per heavy atom. The van der Waals surface area contributed by atoms with Crippen LogP contribution < -0.4 is 10.5 Å². The zero-order chi connectivity index (χ0) is 13.5. The molecule has 0 aromatic heterocycles. The van der Waals surface area contributed by atoms with Crippen LogP contribution in [0.2, 0.25) is 0 Å². The fourth-order valence-electron chi connectivity index (χ4n) is 1.61. The third kappa shape index (κ3) is 5.04. The third-order valence-corrected chi connectivity index (χ3v) is 2.45. The van der Waals surface area contributed by atoms with Crippen molar-refractivity contribution in [3.8, 4) is 5.75 Å². The fraction of sp³-hybridized carbons (Fsp3) is 0.400. The van der Waals surface area contributed by atoms with Crippen LogP contribution in [0.15, 0.2) is 36.5 Å². The van der Waals surface area contributed by atoms with E-state index in [9.17, 15) is 4.79 Å². The summed E-state index contributed by atoms with van der Waals surface area (Å²) in [4.78, 5) is 11.8. The van der Waals surface area contributed by atoms with Crippen molar-refractivity contribution in [2.24, 2.45) is 5.73 Å². The number of hydrogen-bond donors (Lipinski definition) is 1. The van der Waals surface area contributed by atoms with Gasteiger partial charge in [0, 0.05) is 17.7 Å². The molecule has 0 amide bonds. The van der Waals surface area contributed by atoms with Gasteiger partial charge in [0.05, 0.1) is 6.10 Å². The fourth-order valence-corrected chi connectivity index (χ4v) is 1.61. The van der Waals surface area contributed by atoms with Gasteiger partial charge >= 0.3 is 0 Å². The van der Waals surface area contributed by atoms with E-state index in [4.69, 9.17) is 10.5 Å². The second-order valence-electron chi connectivity index (χ2n) is 4.63. The van der Waals surface area contributed by atoms with Crippen LogP contribution in [0.5, 0.6) is 5.75 Å². The van der Waals surface area contributed by atoms with Gasteiger partial charge in [-0.25, -0.2) is 0 Å². The highest BCUT2D eigenvalue weighted by Gasteiger charge is 2.06. The van der Waals surface area contributed by atoms with Crippen molar-refractivity contribution in [1.82, 2.24) is 0 Å². The number of hydrogen-bond acceptors (Lipinski definition) is 3. The first-order valence-electron chi connectivity index (χ1n) is 6.22. The maximum absolute atomic E-state index is 11.8. The van der Waals surface area contributed by atoms with Gasteiger partial charge in [0.25, 0.3) is 0 Å². The predicted molar refractivity (Wildman–Crippen MR) is 73.7 cm³/mol. The molecule has 18 heavy (non-hydrogen) atoms. The number of carbonyl (C=O) groups excluding carboxylic acids is 1. The number of nitrogens with two attached hydrogens (primary N) is 1. The van der Waals surface area contributed by atoms with Gasteiger partial charge in [0.2, 0.25) is 0 Å². The van der Waals surface area contributed by atoms with Gasteiger partial charge in [0.1, 0.15) is 5.75 Å². The van der Waals surface area contributed by atoms with Crippen LogP contribution in [0, 0.1) is 0 Å². The molecule has 0 saturated heterocycles. The van der Waals surface area contributed by atoms with Crippen LogP contribution in [-0.2, 0) is 0 Å². The molecule has 0 unspecified atom stereocenters. The van der Waals surface area contributed by atoms with Crippen molar-refractivity contribution in [2.75, 3.05) is 0 Å². The van der Waals surface area contributed by atoms with Crippen LogP contribution >= 0.6 is 0 Å². The molecule has 0 atom stereocenters. The van der Waals surface area contributed by atoms with Gasteiger partial charge in [-0.2, -0.15) is 0 Å². The highest BCUT2D eigenvalue weighted by Crippen LogP contribution is 2.15. The Morgan fingerprint density at radius 3 is 2.39 bits per heavy atom. The summed E-state index contributed by atoms with van der Waals surface area (Å²) in [7, 11) is 0. The Labute approximate surface area is 109 Å². The minimum atomic E-state index is 0.132. The van der Waals surface area contributed by atoms with Gasteiger partial charge in [-0.1, -0.05) is 6.58 Å². The molecule has 0 bridgehead atoms. The second kappa shape index (κ2) is 6.84. The monoisotopic (exact) mass is 247 g/mol. The zero-order valence-electron chi connectivity index (χ0n) is 11.1. The molecular weight excluding hydrogens is 226 g/mol. The maximum Gasteiger partial charge on any atom is 0.162 e. The lowest BCUT2D eigenvalue weighted by molar-refractivity contribution is 0.0980. The van der Waals surface area contributed by atoms with E-state index in [1.165, 1.54) is 0 Å². The first-order chi connectivity index (χ1) is 8.49. The summed E-state index contributed by atoms with van der Waals surface area (Å²) in [5.74, 6) is 0.921. The molecule has 1 aromatic rings. The summed E-state index contributed by atoms with van der Waals surface area (Å²) in [6.07, 6.45) is 2.08. The Morgan fingerprint density at radius 1 is 1.28 bits per heavy atom. The SMILES string of the molecule is C=C(N)CCCC(=O)c1ccc(OC(C)C)cc1. The number of benzene rings is 1. The van der Waals surface area contributed by atoms with Crippen LogP contribution in [0.4, 0.5) is 0 Å². The minimum Gasteiger partial charge on any atom is -0.491 e. The van der Waals surface area contributed by atoms with E-state index >= 15 is 0 Å². The first-order valence-corrected chi connectivity index (χ1v) is 6.22. The maximum atomic E-state index is 11.8. The minimum absolute atomic E-state index is 0.132. The van der Waals surface area contributed by atoms with Crippen molar-refractivity contribution in [3.05, 3.63) is 42.1 Å². The van der Waals surface area contributed by atoms with Crippen molar-refractivity contribution >= 4 is 5.78 Å². The number of allylic oxidation sites excluding steroid dienone is 1. The summed E-state index contributed by atoms with van der Waals surface area (Å²) in [5.41, 5.74) is 6.81. The molecule has 0 radical (unpaired) electrons. The normalized spacial score (nSPS) is 10.4. The molecule has 0 spiro atoms. The molecular formula is C15H21NO2. The molecule has 0 fully saturated rings. The summed E-state index contributed by atoms with van der Waals surface area (Å²) in [6.45, 7) is 7.56. The molecule has 98 valence electrons. The molecule has 0 aliphatic heterocycles. The lowest BCUT2D eigenvalue weighted by atomic mass is 10.0. The lowest BCUT2D eigenvalue weighted by Crippen LogP contribution is -2.06. The van der Waals surface area contributed by atoms with Crippen molar-refractivity contribution < 1.29 is 9.53 Å². The largest absolute Gasteiger partial charge is 0.491 e. The Kier molecular flexibility index (Phi) is 5.43. The molecule has 0 aliphatic carbocycles. The lowest BCUT2D eigenvalue weighted by Gasteiger charge is -2.09. The molecule has 3 heteroatoms. The highest BCUT2D eigenvalue weighted by molar-refractivity contribution is 5.96. The van der Waals surface area contributed by atoms with Crippen molar-refractivity contribution in [3.63, 3.8) is 0 Å². The number of ketones is 1. The Bertz CT molecular complexity index is 407. The molecule has 3 nitrogen and oxygen atoms in total. The quantitative estimate of drug-likeness (QED) is 0.752. The van der Waals surface area contributed by atoms with E-state index in [0.29, 0.717) is 24.1 Å². The average Bonchev–Trinajstić information content (AvgIpc) is 2.28. The van der Waals surface area contributed by atoms with E-state index in [0.717, 1.165) is 12.2 Å². The van der Waals surface area contributed by atoms with Gasteiger partial charge in [-0.05, 0) is 51.0 Å². The van der Waals surface area contributed by atoms with Crippen LogP contribution in [0.25, 0.3) is 0 Å². The number of rotatable bonds is 7. The Hall–Kier alpha value is -1.77. The van der Waals surface area contributed by atoms with Crippen LogP contribution in [-0.4, -0.2) is 11.9 Å². The molecule has 1 rings (SSSR count). The average molecular weight is 247 g/mol. The van der Waals surface area contributed by atoms with E-state index in [1.54, 1.807) is 12.1 Å². The van der Waals surface area contributed by atoms with E-state index < -0.39 is 0 Å². The van der Waals surface area contributed by atoms with Gasteiger partial charge in [0.15, 0.2) is 5.78 Å². The molecule has 2 N–H and O–H groups in total. The predicted octanol–water partition coefficient (Wildman–Crippen LogP) is 3.30. The zero-order valence-corrected chi connectivity index (χ0v) is 11.1. The first kappa shape index (κ1) is 14.3. The van der Waals surface area contributed by atoms with Crippen LogP contribution in [0.3, 0.4) is 0 Å². The standard InChI is InChI=1S/C15H21NO2/c1-11(2)18-14-9-7-13(8-10-14)15(17)6-4-5-12(3)16/h7-11H,3-6,16H2,1-2H3. The molecule has 0 saturated carbocycles. The summed E-state index contributed by atoms with van der Waals surface area (Å²) in [6, 6.07) is 7.26. The summed E-state index contributed by atoms with van der Waals surface area (Å²) in [5, 5.41) is 0. The summed E-state index contributed by atoms with van der Waals surface area (Å²) >= 11 is 0. The van der Waals surface area contributed by atoms with Crippen molar-refractivity contribution in [1.29, 1.82) is 0 Å². The van der Waals surface area contributed by atoms with Gasteiger partial charge < -0.3 is 10.5 Å². The van der Waals surface area contributed by atoms with E-state index in [-0.39, 0.29) is 11.9 Å². The summed E-state index contributed by atoms with van der Waals surface area (Å²) < 4.78 is 5.52. The molecule has 0 heterocycles. The topological polar surface area (TPSA) is 52.3 Å². The molecule has 1 aromatic carbocycles. The van der Waals surface area contributed by atoms with Crippen molar-refractivity contribution in [2.45, 2.75) is 39.2 Å².